The van der Waals surface area contributed by atoms with Gasteiger partial charge < -0.3 is 11.1 Å². The van der Waals surface area contributed by atoms with Crippen LogP contribution in [0.2, 0.25) is 0 Å². The lowest BCUT2D eigenvalue weighted by Crippen LogP contribution is -2.42. The van der Waals surface area contributed by atoms with Crippen LogP contribution in [-0.4, -0.2) is 17.1 Å². The number of nitrogens with two attached hydrogens (primary N) is 1. The van der Waals surface area contributed by atoms with Gasteiger partial charge in [0.2, 0.25) is 0 Å². The lowest BCUT2D eigenvalue weighted by Gasteiger charge is -2.29. The van der Waals surface area contributed by atoms with Crippen molar-refractivity contribution < 1.29 is 0 Å². The summed E-state index contributed by atoms with van der Waals surface area (Å²) in [6.07, 6.45) is 6.22. The van der Waals surface area contributed by atoms with Crippen LogP contribution in [0.15, 0.2) is 18.3 Å². The third kappa shape index (κ3) is 2.50. The molecule has 3 N–H and O–H groups in total. The summed E-state index contributed by atoms with van der Waals surface area (Å²) in [5.74, 6) is 0.751. The van der Waals surface area contributed by atoms with Crippen molar-refractivity contribution in [1.82, 2.24) is 4.98 Å². The number of aromatic nitrogens is 1. The molecule has 0 aromatic carbocycles. The van der Waals surface area contributed by atoms with Crippen molar-refractivity contribution in [3.63, 3.8) is 0 Å². The first kappa shape index (κ1) is 10.9. The molecular weight excluding hydrogens is 200 g/mol. The van der Waals surface area contributed by atoms with E-state index in [0.29, 0.717) is 5.56 Å². The number of rotatable bonds is 2. The predicted octanol–water partition coefficient (Wildman–Crippen LogP) is 1.64. The molecule has 0 aliphatic heterocycles. The van der Waals surface area contributed by atoms with Crippen LogP contribution >= 0.6 is 0 Å². The van der Waals surface area contributed by atoms with E-state index in [1.54, 1.807) is 18.3 Å². The number of nitriles is 1. The largest absolute Gasteiger partial charge is 0.366 e. The fourth-order valence-electron chi connectivity index (χ4n) is 2.11. The Labute approximate surface area is 95.5 Å². The van der Waals surface area contributed by atoms with Gasteiger partial charge in [0, 0.05) is 18.3 Å². The zero-order valence-corrected chi connectivity index (χ0v) is 9.19. The van der Waals surface area contributed by atoms with E-state index >= 15 is 0 Å². The minimum absolute atomic E-state index is 0.196. The van der Waals surface area contributed by atoms with E-state index in [0.717, 1.165) is 18.7 Å². The van der Waals surface area contributed by atoms with Gasteiger partial charge in [-0.3, -0.25) is 0 Å². The second-order valence-corrected chi connectivity index (χ2v) is 4.24. The van der Waals surface area contributed by atoms with E-state index < -0.39 is 0 Å². The van der Waals surface area contributed by atoms with Gasteiger partial charge >= 0.3 is 0 Å². The molecule has 0 unspecified atom stereocenters. The second kappa shape index (κ2) is 4.95. The van der Waals surface area contributed by atoms with Crippen molar-refractivity contribution >= 4 is 5.82 Å². The Hall–Kier alpha value is -1.60. The van der Waals surface area contributed by atoms with Crippen LogP contribution in [-0.2, 0) is 0 Å². The lowest BCUT2D eigenvalue weighted by molar-refractivity contribution is 0.403. The highest BCUT2D eigenvalue weighted by Crippen LogP contribution is 2.20. The number of hydrogen-bond donors (Lipinski definition) is 2. The van der Waals surface area contributed by atoms with Gasteiger partial charge in [-0.2, -0.15) is 5.26 Å². The number of anilines is 1. The van der Waals surface area contributed by atoms with Crippen LogP contribution < -0.4 is 11.1 Å². The maximum Gasteiger partial charge on any atom is 0.127 e. The molecule has 1 fully saturated rings. The highest BCUT2D eigenvalue weighted by atomic mass is 15.0. The van der Waals surface area contributed by atoms with E-state index in [1.165, 1.54) is 12.8 Å². The molecule has 1 aromatic heterocycles. The van der Waals surface area contributed by atoms with Crippen LogP contribution in [0.3, 0.4) is 0 Å². The molecule has 1 aliphatic carbocycles. The van der Waals surface area contributed by atoms with E-state index in [2.05, 4.69) is 16.4 Å². The van der Waals surface area contributed by atoms with Gasteiger partial charge in [0.25, 0.3) is 0 Å². The second-order valence-electron chi connectivity index (χ2n) is 4.24. The molecule has 0 amide bonds. The molecule has 84 valence electrons. The summed E-state index contributed by atoms with van der Waals surface area (Å²) in [7, 11) is 0. The third-order valence-electron chi connectivity index (χ3n) is 3.04. The molecule has 2 atom stereocenters. The topological polar surface area (TPSA) is 74.7 Å². The third-order valence-corrected chi connectivity index (χ3v) is 3.04. The molecule has 0 bridgehead atoms. The number of nitrogens with zero attached hydrogens (tertiary/aromatic N) is 2. The molecular formula is C12H16N4. The molecule has 16 heavy (non-hydrogen) atoms. The molecule has 0 radical (unpaired) electrons. The maximum absolute atomic E-state index is 8.79. The fourth-order valence-corrected chi connectivity index (χ4v) is 2.11. The molecule has 0 saturated heterocycles. The van der Waals surface area contributed by atoms with Crippen LogP contribution in [0.1, 0.15) is 31.2 Å². The van der Waals surface area contributed by atoms with E-state index in [-0.39, 0.29) is 12.1 Å². The van der Waals surface area contributed by atoms with E-state index in [9.17, 15) is 0 Å². The summed E-state index contributed by atoms with van der Waals surface area (Å²) < 4.78 is 0. The van der Waals surface area contributed by atoms with Crippen molar-refractivity contribution in [2.24, 2.45) is 5.73 Å². The molecule has 1 aromatic rings. The maximum atomic E-state index is 8.79. The average Bonchev–Trinajstić information content (AvgIpc) is 2.32. The Morgan fingerprint density at radius 2 is 2.25 bits per heavy atom. The van der Waals surface area contributed by atoms with Crippen molar-refractivity contribution in [3.8, 4) is 6.07 Å². The highest BCUT2D eigenvalue weighted by Gasteiger charge is 2.21. The van der Waals surface area contributed by atoms with Crippen molar-refractivity contribution in [2.45, 2.75) is 37.8 Å². The predicted molar refractivity (Wildman–Crippen MR) is 62.8 cm³/mol. The van der Waals surface area contributed by atoms with Gasteiger partial charge in [0.15, 0.2) is 0 Å². The molecule has 4 heteroatoms. The Morgan fingerprint density at radius 3 is 3.00 bits per heavy atom. The number of pyridine rings is 1. The summed E-state index contributed by atoms with van der Waals surface area (Å²) in [5, 5.41) is 12.1. The van der Waals surface area contributed by atoms with Gasteiger partial charge in [-0.05, 0) is 25.0 Å². The van der Waals surface area contributed by atoms with E-state index in [4.69, 9.17) is 11.0 Å². The zero-order chi connectivity index (χ0) is 11.4. The number of nitrogens with one attached hydrogen (secondary N) is 1. The summed E-state index contributed by atoms with van der Waals surface area (Å²) in [6, 6.07) is 6.05. The normalized spacial score (nSPS) is 24.8. The Bertz CT molecular complexity index is 396. The fraction of sp³-hybridized carbons (Fsp3) is 0.500. The monoisotopic (exact) mass is 216 g/mol. The zero-order valence-electron chi connectivity index (χ0n) is 9.19. The SMILES string of the molecule is N#Cc1ccnc(N[C@@H]2CCCC[C@H]2N)c1. The smallest absolute Gasteiger partial charge is 0.127 e. The lowest BCUT2D eigenvalue weighted by atomic mass is 9.91. The Balaban J connectivity index is 2.05. The van der Waals surface area contributed by atoms with Crippen molar-refractivity contribution in [2.75, 3.05) is 5.32 Å². The van der Waals surface area contributed by atoms with Crippen molar-refractivity contribution in [1.29, 1.82) is 5.26 Å². The Morgan fingerprint density at radius 1 is 1.44 bits per heavy atom. The molecule has 2 rings (SSSR count). The van der Waals surface area contributed by atoms with Crippen LogP contribution in [0.4, 0.5) is 5.82 Å². The van der Waals surface area contributed by atoms with Crippen LogP contribution in [0, 0.1) is 11.3 Å². The Kier molecular flexibility index (Phi) is 3.37. The van der Waals surface area contributed by atoms with Gasteiger partial charge in [-0.25, -0.2) is 4.98 Å². The molecule has 0 spiro atoms. The van der Waals surface area contributed by atoms with Crippen molar-refractivity contribution in [3.05, 3.63) is 23.9 Å². The summed E-state index contributed by atoms with van der Waals surface area (Å²) in [5.41, 5.74) is 6.67. The number of hydrogen-bond acceptors (Lipinski definition) is 4. The van der Waals surface area contributed by atoms with Gasteiger partial charge in [0.1, 0.15) is 5.82 Å². The highest BCUT2D eigenvalue weighted by molar-refractivity contribution is 5.43. The quantitative estimate of drug-likeness (QED) is 0.788. The van der Waals surface area contributed by atoms with Crippen LogP contribution in [0.5, 0.6) is 0 Å². The minimum Gasteiger partial charge on any atom is -0.366 e. The first-order valence-corrected chi connectivity index (χ1v) is 5.68. The first-order valence-electron chi connectivity index (χ1n) is 5.68. The molecule has 4 nitrogen and oxygen atoms in total. The molecule has 1 saturated carbocycles. The van der Waals surface area contributed by atoms with Gasteiger partial charge in [-0.1, -0.05) is 12.8 Å². The summed E-state index contributed by atoms with van der Waals surface area (Å²) in [4.78, 5) is 4.20. The minimum atomic E-state index is 0.196. The summed E-state index contributed by atoms with van der Waals surface area (Å²) >= 11 is 0. The van der Waals surface area contributed by atoms with Gasteiger partial charge in [-0.15, -0.1) is 0 Å². The standard InChI is InChI=1S/C12H16N4/c13-8-9-5-6-15-12(7-9)16-11-4-2-1-3-10(11)14/h5-7,10-11H,1-4,14H2,(H,15,16)/t10-,11-/m1/s1. The molecule has 1 aliphatic rings. The molecule has 1 heterocycles. The average molecular weight is 216 g/mol. The summed E-state index contributed by atoms with van der Waals surface area (Å²) in [6.45, 7) is 0. The van der Waals surface area contributed by atoms with Gasteiger partial charge in [0.05, 0.1) is 11.6 Å². The first-order chi connectivity index (χ1) is 7.79. The van der Waals surface area contributed by atoms with E-state index in [1.807, 2.05) is 0 Å². The van der Waals surface area contributed by atoms with Crippen LogP contribution in [0.25, 0.3) is 0 Å².